The highest BCUT2D eigenvalue weighted by molar-refractivity contribution is 6.34. The fraction of sp³-hybridized carbons (Fsp3) is 0.0714. The van der Waals surface area contributed by atoms with Crippen molar-refractivity contribution in [2.45, 2.75) is 0 Å². The summed E-state index contributed by atoms with van der Waals surface area (Å²) in [5.74, 6) is -1.71. The van der Waals surface area contributed by atoms with Crippen LogP contribution in [0.5, 0.6) is 0 Å². The number of benzene rings is 1. The van der Waals surface area contributed by atoms with Gasteiger partial charge in [0.1, 0.15) is 5.15 Å². The molecular formula is C14H8Cl3N3O5. The van der Waals surface area contributed by atoms with Crippen LogP contribution in [0.25, 0.3) is 0 Å². The third kappa shape index (κ3) is 5.02. The number of aromatic nitrogens is 1. The van der Waals surface area contributed by atoms with Crippen molar-refractivity contribution in [3.05, 3.63) is 61.3 Å². The predicted octanol–water partition coefficient (Wildman–Crippen LogP) is 3.75. The number of nitrogens with zero attached hydrogens (tertiary/aromatic N) is 2. The minimum Gasteiger partial charge on any atom is -0.451 e. The number of rotatable bonds is 5. The molecule has 1 N–H and O–H groups in total. The highest BCUT2D eigenvalue weighted by atomic mass is 35.5. The van der Waals surface area contributed by atoms with E-state index in [2.05, 4.69) is 10.3 Å². The Bertz CT molecular complexity index is 860. The van der Waals surface area contributed by atoms with E-state index in [9.17, 15) is 19.7 Å². The third-order valence-corrected chi connectivity index (χ3v) is 3.62. The third-order valence-electron chi connectivity index (χ3n) is 2.77. The summed E-state index contributed by atoms with van der Waals surface area (Å²) < 4.78 is 4.78. The molecule has 0 aliphatic heterocycles. The van der Waals surface area contributed by atoms with Gasteiger partial charge in [0.25, 0.3) is 11.6 Å². The number of hydrogen-bond donors (Lipinski definition) is 1. The number of halogens is 3. The van der Waals surface area contributed by atoms with Gasteiger partial charge in [0, 0.05) is 12.1 Å². The molecule has 0 unspecified atom stereocenters. The molecule has 0 aliphatic carbocycles. The lowest BCUT2D eigenvalue weighted by atomic mass is 10.3. The van der Waals surface area contributed by atoms with Crippen LogP contribution in [0.1, 0.15) is 10.5 Å². The van der Waals surface area contributed by atoms with Crippen LogP contribution in [0, 0.1) is 10.1 Å². The second kappa shape index (κ2) is 8.11. The number of hydrogen-bond acceptors (Lipinski definition) is 6. The maximum Gasteiger partial charge on any atom is 0.359 e. The zero-order valence-corrected chi connectivity index (χ0v) is 14.4. The number of carbonyl (C=O) groups is 2. The lowest BCUT2D eigenvalue weighted by Gasteiger charge is -2.08. The molecule has 0 saturated heterocycles. The quantitative estimate of drug-likeness (QED) is 0.351. The molecule has 11 heteroatoms. The van der Waals surface area contributed by atoms with Crippen molar-refractivity contribution in [1.82, 2.24) is 4.98 Å². The molecule has 0 atom stereocenters. The van der Waals surface area contributed by atoms with Crippen LogP contribution in [-0.2, 0) is 9.53 Å². The van der Waals surface area contributed by atoms with Crippen molar-refractivity contribution >= 4 is 58.1 Å². The average Bonchev–Trinajstić information content (AvgIpc) is 2.56. The highest BCUT2D eigenvalue weighted by Gasteiger charge is 2.17. The normalized spacial score (nSPS) is 10.2. The number of non-ortho nitro benzene ring substituents is 1. The van der Waals surface area contributed by atoms with Crippen molar-refractivity contribution in [3.63, 3.8) is 0 Å². The summed E-state index contributed by atoms with van der Waals surface area (Å²) in [7, 11) is 0. The molecule has 1 aromatic heterocycles. The Labute approximate surface area is 155 Å². The smallest absolute Gasteiger partial charge is 0.359 e. The standard InChI is InChI=1S/C14H8Cl3N3O5/c15-8-2-1-7(20(23)24)5-10(8)18-12(21)6-25-14(22)13-9(16)3-4-11(17)19-13/h1-5H,6H2,(H,18,21). The molecule has 0 radical (unpaired) electrons. The number of esters is 1. The number of carbonyl (C=O) groups excluding carboxylic acids is 2. The SMILES string of the molecule is O=C(COC(=O)c1nc(Cl)ccc1Cl)Nc1cc([N+](=O)[O-])ccc1Cl. The Balaban J connectivity index is 2.01. The molecule has 2 aromatic rings. The lowest BCUT2D eigenvalue weighted by molar-refractivity contribution is -0.384. The number of pyridine rings is 1. The van der Waals surface area contributed by atoms with Gasteiger partial charge in [0.05, 0.1) is 20.7 Å². The van der Waals surface area contributed by atoms with E-state index in [4.69, 9.17) is 39.5 Å². The molecule has 0 bridgehead atoms. The van der Waals surface area contributed by atoms with Crippen LogP contribution >= 0.6 is 34.8 Å². The summed E-state index contributed by atoms with van der Waals surface area (Å²) in [6.45, 7) is -0.678. The Morgan fingerprint density at radius 3 is 2.52 bits per heavy atom. The van der Waals surface area contributed by atoms with E-state index in [1.54, 1.807) is 0 Å². The van der Waals surface area contributed by atoms with Crippen LogP contribution in [-0.4, -0.2) is 28.4 Å². The van der Waals surface area contributed by atoms with Crippen LogP contribution in [0.3, 0.4) is 0 Å². The minimum atomic E-state index is -0.951. The first-order chi connectivity index (χ1) is 11.8. The first-order valence-electron chi connectivity index (χ1n) is 6.51. The molecule has 0 saturated carbocycles. The van der Waals surface area contributed by atoms with E-state index in [0.29, 0.717) is 0 Å². The van der Waals surface area contributed by atoms with Crippen LogP contribution in [0.2, 0.25) is 15.2 Å². The molecule has 0 spiro atoms. The van der Waals surface area contributed by atoms with Crippen LogP contribution in [0.15, 0.2) is 30.3 Å². The van der Waals surface area contributed by atoms with Crippen LogP contribution in [0.4, 0.5) is 11.4 Å². The summed E-state index contributed by atoms with van der Waals surface area (Å²) in [6.07, 6.45) is 0. The largest absolute Gasteiger partial charge is 0.451 e. The van der Waals surface area contributed by atoms with Crippen molar-refractivity contribution in [3.8, 4) is 0 Å². The van der Waals surface area contributed by atoms with Gasteiger partial charge in [-0.1, -0.05) is 34.8 Å². The minimum absolute atomic E-state index is 0.0100. The number of nitro benzene ring substituents is 1. The van der Waals surface area contributed by atoms with Crippen LogP contribution < -0.4 is 5.32 Å². The maximum atomic E-state index is 11.9. The summed E-state index contributed by atoms with van der Waals surface area (Å²) in [5.41, 5.74) is -0.488. The molecule has 25 heavy (non-hydrogen) atoms. The number of anilines is 1. The van der Waals surface area contributed by atoms with Gasteiger partial charge in [-0.15, -0.1) is 0 Å². The second-order valence-electron chi connectivity index (χ2n) is 4.51. The first-order valence-corrected chi connectivity index (χ1v) is 7.64. The second-order valence-corrected chi connectivity index (χ2v) is 5.71. The predicted molar refractivity (Wildman–Crippen MR) is 91.3 cm³/mol. The first kappa shape index (κ1) is 18.9. The number of nitro groups is 1. The molecular weight excluding hydrogens is 397 g/mol. The van der Waals surface area contributed by atoms with Gasteiger partial charge in [0.2, 0.25) is 0 Å². The number of nitrogens with one attached hydrogen (secondary N) is 1. The molecule has 0 aliphatic rings. The average molecular weight is 405 g/mol. The molecule has 1 heterocycles. The number of amides is 1. The molecule has 8 nitrogen and oxygen atoms in total. The number of ether oxygens (including phenoxy) is 1. The topological polar surface area (TPSA) is 111 Å². The fourth-order valence-electron chi connectivity index (χ4n) is 1.67. The summed E-state index contributed by atoms with van der Waals surface area (Å²) >= 11 is 17.3. The molecule has 1 aromatic carbocycles. The van der Waals surface area contributed by atoms with Gasteiger partial charge in [0.15, 0.2) is 12.3 Å². The Hall–Kier alpha value is -2.42. The Morgan fingerprint density at radius 2 is 1.84 bits per heavy atom. The van der Waals surface area contributed by atoms with E-state index in [1.165, 1.54) is 24.3 Å². The van der Waals surface area contributed by atoms with E-state index >= 15 is 0 Å². The summed E-state index contributed by atoms with van der Waals surface area (Å²) in [5, 5.41) is 13.2. The van der Waals surface area contributed by atoms with E-state index < -0.39 is 23.4 Å². The van der Waals surface area contributed by atoms with Crippen molar-refractivity contribution in [2.75, 3.05) is 11.9 Å². The lowest BCUT2D eigenvalue weighted by Crippen LogP contribution is -2.21. The monoisotopic (exact) mass is 403 g/mol. The van der Waals surface area contributed by atoms with Gasteiger partial charge < -0.3 is 10.1 Å². The zero-order valence-electron chi connectivity index (χ0n) is 12.2. The maximum absolute atomic E-state index is 11.9. The summed E-state index contributed by atoms with van der Waals surface area (Å²) in [4.78, 5) is 37.5. The Morgan fingerprint density at radius 1 is 1.16 bits per heavy atom. The molecule has 130 valence electrons. The fourth-order valence-corrected chi connectivity index (χ4v) is 2.16. The van der Waals surface area contributed by atoms with E-state index in [-0.39, 0.29) is 32.3 Å². The molecule has 2 rings (SSSR count). The van der Waals surface area contributed by atoms with E-state index in [0.717, 1.165) is 6.07 Å². The molecule has 1 amide bonds. The molecule has 0 fully saturated rings. The summed E-state index contributed by atoms with van der Waals surface area (Å²) in [6, 6.07) is 6.27. The van der Waals surface area contributed by atoms with Crippen molar-refractivity contribution in [2.24, 2.45) is 0 Å². The van der Waals surface area contributed by atoms with E-state index in [1.807, 2.05) is 0 Å². The Kier molecular flexibility index (Phi) is 6.13. The van der Waals surface area contributed by atoms with Gasteiger partial charge in [-0.3, -0.25) is 14.9 Å². The van der Waals surface area contributed by atoms with Gasteiger partial charge in [-0.25, -0.2) is 9.78 Å². The van der Waals surface area contributed by atoms with Crippen molar-refractivity contribution in [1.29, 1.82) is 0 Å². The van der Waals surface area contributed by atoms with Gasteiger partial charge in [-0.2, -0.15) is 0 Å². The highest BCUT2D eigenvalue weighted by Crippen LogP contribution is 2.26. The zero-order chi connectivity index (χ0) is 18.6. The van der Waals surface area contributed by atoms with Gasteiger partial charge in [-0.05, 0) is 18.2 Å². The van der Waals surface area contributed by atoms with Gasteiger partial charge >= 0.3 is 5.97 Å². The van der Waals surface area contributed by atoms with Crippen molar-refractivity contribution < 1.29 is 19.2 Å².